The number of hydrogen-bond acceptors (Lipinski definition) is 7. The van der Waals surface area contributed by atoms with Crippen LogP contribution in [0.2, 0.25) is 0 Å². The second-order valence-corrected chi connectivity index (χ2v) is 7.24. The van der Waals surface area contributed by atoms with Crippen LogP contribution in [0, 0.1) is 0 Å². The number of nitrogens with one attached hydrogen (secondary N) is 1. The maximum Gasteiger partial charge on any atom is 0.338 e. The van der Waals surface area contributed by atoms with Gasteiger partial charge in [-0.05, 0) is 53.9 Å². The van der Waals surface area contributed by atoms with E-state index in [0.29, 0.717) is 36.0 Å². The van der Waals surface area contributed by atoms with Crippen LogP contribution in [-0.2, 0) is 9.53 Å². The highest BCUT2D eigenvalue weighted by Crippen LogP contribution is 2.43. The number of hydrogen-bond donors (Lipinski definition) is 1. The number of carbonyl (C=O) groups excluding carboxylic acids is 1. The van der Waals surface area contributed by atoms with Gasteiger partial charge in [0.05, 0.1) is 30.4 Å². The molecule has 1 aliphatic rings. The summed E-state index contributed by atoms with van der Waals surface area (Å²) in [7, 11) is 1.59. The summed E-state index contributed by atoms with van der Waals surface area (Å²) < 4.78 is 19.1. The van der Waals surface area contributed by atoms with E-state index in [2.05, 4.69) is 38.3 Å². The summed E-state index contributed by atoms with van der Waals surface area (Å²) in [5.74, 6) is 1.38. The van der Waals surface area contributed by atoms with Crippen molar-refractivity contribution in [3.05, 3.63) is 39.8 Å². The van der Waals surface area contributed by atoms with Crippen LogP contribution in [0.25, 0.3) is 0 Å². The summed E-state index contributed by atoms with van der Waals surface area (Å²) in [6, 6.07) is 3.27. The molecule has 0 bridgehead atoms. The van der Waals surface area contributed by atoms with Crippen molar-refractivity contribution in [3.63, 3.8) is 0 Å². The minimum absolute atomic E-state index is 0.287. The van der Waals surface area contributed by atoms with Gasteiger partial charge in [-0.1, -0.05) is 13.3 Å². The number of halogens is 1. The maximum absolute atomic E-state index is 13.0. The second kappa shape index (κ2) is 9.30. The molecule has 9 heteroatoms. The average Bonchev–Trinajstić information content (AvgIpc) is 3.17. The third kappa shape index (κ3) is 4.10. The SMILES string of the molecule is CCCC1=C(C(=O)OCC)[C@H](c2cc(Br)c(OCC)c(OC)c2)n2ncnc2N1. The number of nitrogens with zero attached hydrogens (tertiary/aromatic N) is 3. The molecule has 2 heterocycles. The highest BCUT2D eigenvalue weighted by Gasteiger charge is 2.36. The summed E-state index contributed by atoms with van der Waals surface area (Å²) in [6.07, 6.45) is 3.02. The van der Waals surface area contributed by atoms with Crippen molar-refractivity contribution in [2.45, 2.75) is 39.7 Å². The molecule has 0 unspecified atom stereocenters. The fraction of sp³-hybridized carbons (Fsp3) is 0.450. The first kappa shape index (κ1) is 21.2. The molecule has 3 rings (SSSR count). The van der Waals surface area contributed by atoms with Gasteiger partial charge >= 0.3 is 5.97 Å². The molecule has 0 saturated heterocycles. The Hall–Kier alpha value is -2.55. The predicted molar refractivity (Wildman–Crippen MR) is 112 cm³/mol. The lowest BCUT2D eigenvalue weighted by atomic mass is 9.93. The molecule has 1 N–H and O–H groups in total. The molecular formula is C20H25BrN4O4. The van der Waals surface area contributed by atoms with Gasteiger partial charge in [0.25, 0.3) is 0 Å². The van der Waals surface area contributed by atoms with E-state index in [9.17, 15) is 4.79 Å². The molecule has 0 saturated carbocycles. The Kier molecular flexibility index (Phi) is 6.79. The van der Waals surface area contributed by atoms with Gasteiger partial charge in [0.2, 0.25) is 5.95 Å². The van der Waals surface area contributed by atoms with Gasteiger partial charge in [0, 0.05) is 5.70 Å². The minimum Gasteiger partial charge on any atom is -0.493 e. The molecule has 1 aromatic heterocycles. The summed E-state index contributed by atoms with van der Waals surface area (Å²) in [6.45, 7) is 6.55. The number of anilines is 1. The van der Waals surface area contributed by atoms with E-state index in [-0.39, 0.29) is 12.6 Å². The summed E-state index contributed by atoms with van der Waals surface area (Å²) in [4.78, 5) is 17.3. The standard InChI is InChI=1S/C20H25BrN4O4/c1-5-8-14-16(19(26)29-7-3)17(25-20(24-14)22-11-23-25)12-9-13(21)18(28-6-2)15(10-12)27-4/h9-11,17H,5-8H2,1-4H3,(H,22,23,24)/t17-/m0/s1. The second-order valence-electron chi connectivity index (χ2n) is 6.39. The number of methoxy groups -OCH3 is 1. The van der Waals surface area contributed by atoms with Gasteiger partial charge in [0.1, 0.15) is 12.4 Å². The van der Waals surface area contributed by atoms with Crippen LogP contribution in [0.4, 0.5) is 5.95 Å². The number of benzene rings is 1. The molecule has 1 aliphatic heterocycles. The molecule has 1 aromatic carbocycles. The molecular weight excluding hydrogens is 440 g/mol. The Bertz CT molecular complexity index is 925. The topological polar surface area (TPSA) is 87.5 Å². The van der Waals surface area contributed by atoms with Crippen molar-refractivity contribution in [2.75, 3.05) is 25.6 Å². The fourth-order valence-electron chi connectivity index (χ4n) is 3.40. The Morgan fingerprint density at radius 2 is 2.07 bits per heavy atom. The lowest BCUT2D eigenvalue weighted by Gasteiger charge is -2.30. The van der Waals surface area contributed by atoms with Gasteiger partial charge in [-0.3, -0.25) is 0 Å². The fourth-order valence-corrected chi connectivity index (χ4v) is 3.97. The number of ether oxygens (including phenoxy) is 3. The highest BCUT2D eigenvalue weighted by molar-refractivity contribution is 9.10. The van der Waals surface area contributed by atoms with E-state index in [1.807, 2.05) is 19.1 Å². The first-order valence-electron chi connectivity index (χ1n) is 9.62. The third-order valence-electron chi connectivity index (χ3n) is 4.53. The molecule has 0 aliphatic carbocycles. The van der Waals surface area contributed by atoms with E-state index >= 15 is 0 Å². The summed E-state index contributed by atoms with van der Waals surface area (Å²) in [5.41, 5.74) is 2.12. The van der Waals surface area contributed by atoms with E-state index in [1.54, 1.807) is 18.7 Å². The molecule has 8 nitrogen and oxygen atoms in total. The van der Waals surface area contributed by atoms with Crippen LogP contribution in [0.3, 0.4) is 0 Å². The highest BCUT2D eigenvalue weighted by atomic mass is 79.9. The molecule has 2 aromatic rings. The normalized spacial score (nSPS) is 15.6. The van der Waals surface area contributed by atoms with Crippen molar-refractivity contribution in [1.82, 2.24) is 14.8 Å². The lowest BCUT2D eigenvalue weighted by Crippen LogP contribution is -2.30. The largest absolute Gasteiger partial charge is 0.493 e. The van der Waals surface area contributed by atoms with Crippen molar-refractivity contribution in [2.24, 2.45) is 0 Å². The maximum atomic E-state index is 13.0. The zero-order valence-corrected chi connectivity index (χ0v) is 18.6. The Labute approximate surface area is 178 Å². The minimum atomic E-state index is -0.504. The van der Waals surface area contributed by atoms with E-state index in [1.165, 1.54) is 6.33 Å². The van der Waals surface area contributed by atoms with Gasteiger partial charge in [0.15, 0.2) is 11.5 Å². The number of fused-ring (bicyclic) bond motifs is 1. The number of carbonyl (C=O) groups is 1. The molecule has 0 fully saturated rings. The monoisotopic (exact) mass is 464 g/mol. The Morgan fingerprint density at radius 3 is 2.72 bits per heavy atom. The van der Waals surface area contributed by atoms with Gasteiger partial charge < -0.3 is 19.5 Å². The summed E-state index contributed by atoms with van der Waals surface area (Å²) in [5, 5.41) is 7.60. The van der Waals surface area contributed by atoms with Gasteiger partial charge in [-0.15, -0.1) is 0 Å². The van der Waals surface area contributed by atoms with Gasteiger partial charge in [-0.2, -0.15) is 10.1 Å². The van der Waals surface area contributed by atoms with E-state index in [0.717, 1.165) is 22.2 Å². The first-order valence-corrected chi connectivity index (χ1v) is 10.4. The number of aromatic nitrogens is 3. The number of rotatable bonds is 8. The molecule has 156 valence electrons. The Morgan fingerprint density at radius 1 is 1.28 bits per heavy atom. The van der Waals surface area contributed by atoms with Crippen LogP contribution < -0.4 is 14.8 Å². The van der Waals surface area contributed by atoms with Gasteiger partial charge in [-0.25, -0.2) is 9.48 Å². The lowest BCUT2D eigenvalue weighted by molar-refractivity contribution is -0.139. The van der Waals surface area contributed by atoms with Crippen molar-refractivity contribution in [1.29, 1.82) is 0 Å². The predicted octanol–water partition coefficient (Wildman–Crippen LogP) is 4.08. The van der Waals surface area contributed by atoms with Crippen molar-refractivity contribution in [3.8, 4) is 11.5 Å². The van der Waals surface area contributed by atoms with Crippen LogP contribution >= 0.6 is 15.9 Å². The molecule has 1 atom stereocenters. The van der Waals surface area contributed by atoms with Crippen LogP contribution in [0.15, 0.2) is 34.2 Å². The van der Waals surface area contributed by atoms with Crippen LogP contribution in [-0.4, -0.2) is 41.1 Å². The Balaban J connectivity index is 2.21. The van der Waals surface area contributed by atoms with E-state index < -0.39 is 6.04 Å². The average molecular weight is 465 g/mol. The quantitative estimate of drug-likeness (QED) is 0.588. The number of allylic oxidation sites excluding steroid dienone is 1. The number of esters is 1. The zero-order valence-electron chi connectivity index (χ0n) is 17.0. The first-order chi connectivity index (χ1) is 14.0. The molecule has 0 radical (unpaired) electrons. The smallest absolute Gasteiger partial charge is 0.338 e. The summed E-state index contributed by atoms with van der Waals surface area (Å²) >= 11 is 3.57. The van der Waals surface area contributed by atoms with Crippen LogP contribution in [0.5, 0.6) is 11.5 Å². The molecule has 29 heavy (non-hydrogen) atoms. The van der Waals surface area contributed by atoms with Crippen molar-refractivity contribution < 1.29 is 19.0 Å². The molecule has 0 spiro atoms. The van der Waals surface area contributed by atoms with Crippen LogP contribution in [0.1, 0.15) is 45.2 Å². The van der Waals surface area contributed by atoms with E-state index in [4.69, 9.17) is 14.2 Å². The third-order valence-corrected chi connectivity index (χ3v) is 5.12. The zero-order chi connectivity index (χ0) is 21.0. The molecule has 0 amide bonds. The van der Waals surface area contributed by atoms with Crippen molar-refractivity contribution >= 4 is 27.8 Å².